The molecule has 5 nitrogen and oxygen atoms in total. The van der Waals surface area contributed by atoms with Crippen LogP contribution < -0.4 is 0 Å². The molecule has 138 valence electrons. The molecule has 3 aromatic rings. The third-order valence-electron chi connectivity index (χ3n) is 4.81. The quantitative estimate of drug-likeness (QED) is 0.716. The van der Waals surface area contributed by atoms with Gasteiger partial charge in [-0.25, -0.2) is 4.98 Å². The van der Waals surface area contributed by atoms with Gasteiger partial charge in [0, 0.05) is 55.0 Å². The number of pyridine rings is 2. The molecular formula is C18H19F3N4O. The monoisotopic (exact) mass is 364 g/mol. The van der Waals surface area contributed by atoms with Crippen molar-refractivity contribution in [2.24, 2.45) is 0 Å². The highest BCUT2D eigenvalue weighted by Crippen LogP contribution is 2.37. The Morgan fingerprint density at radius 1 is 1.12 bits per heavy atom. The van der Waals surface area contributed by atoms with Crippen molar-refractivity contribution in [3.05, 3.63) is 35.9 Å². The van der Waals surface area contributed by atoms with Crippen LogP contribution in [0.1, 0.15) is 11.4 Å². The van der Waals surface area contributed by atoms with Crippen molar-refractivity contribution in [3.63, 3.8) is 0 Å². The van der Waals surface area contributed by atoms with Gasteiger partial charge in [-0.1, -0.05) is 0 Å². The van der Waals surface area contributed by atoms with Crippen LogP contribution in [0, 0.1) is 6.92 Å². The van der Waals surface area contributed by atoms with Crippen LogP contribution in [0.3, 0.4) is 0 Å². The second kappa shape index (κ2) is 6.51. The van der Waals surface area contributed by atoms with E-state index in [1.54, 1.807) is 16.8 Å². The van der Waals surface area contributed by atoms with Crippen LogP contribution in [0.5, 0.6) is 0 Å². The first-order valence-corrected chi connectivity index (χ1v) is 8.56. The number of morpholine rings is 1. The number of ether oxygens (including phenoxy) is 1. The van der Waals surface area contributed by atoms with E-state index in [0.29, 0.717) is 31.7 Å². The van der Waals surface area contributed by atoms with Crippen LogP contribution in [-0.2, 0) is 17.5 Å². The van der Waals surface area contributed by atoms with E-state index in [1.165, 1.54) is 6.20 Å². The van der Waals surface area contributed by atoms with Crippen molar-refractivity contribution in [2.75, 3.05) is 32.8 Å². The van der Waals surface area contributed by atoms with Gasteiger partial charge in [0.15, 0.2) is 5.69 Å². The normalized spacial score (nSPS) is 16.6. The predicted molar refractivity (Wildman–Crippen MR) is 92.0 cm³/mol. The summed E-state index contributed by atoms with van der Waals surface area (Å²) in [6.07, 6.45) is -1.64. The number of nitrogens with zero attached hydrogens (tertiary/aromatic N) is 4. The zero-order valence-corrected chi connectivity index (χ0v) is 14.4. The Morgan fingerprint density at radius 3 is 2.62 bits per heavy atom. The lowest BCUT2D eigenvalue weighted by Crippen LogP contribution is -2.38. The Morgan fingerprint density at radius 2 is 1.88 bits per heavy atom. The number of alkyl halides is 3. The fourth-order valence-corrected chi connectivity index (χ4v) is 3.55. The molecule has 1 aliphatic rings. The second-order valence-corrected chi connectivity index (χ2v) is 6.50. The Hall–Kier alpha value is -2.19. The summed E-state index contributed by atoms with van der Waals surface area (Å²) in [5.41, 5.74) is 0.829. The lowest BCUT2D eigenvalue weighted by atomic mass is 10.2. The molecule has 1 saturated heterocycles. The minimum Gasteiger partial charge on any atom is -0.379 e. The van der Waals surface area contributed by atoms with E-state index in [0.717, 1.165) is 29.7 Å². The van der Waals surface area contributed by atoms with Gasteiger partial charge in [-0.2, -0.15) is 13.2 Å². The smallest absolute Gasteiger partial charge is 0.379 e. The molecule has 0 radical (unpaired) electrons. The first kappa shape index (κ1) is 17.2. The van der Waals surface area contributed by atoms with Gasteiger partial charge in [0.05, 0.1) is 24.2 Å². The van der Waals surface area contributed by atoms with Gasteiger partial charge in [0.25, 0.3) is 0 Å². The largest absolute Gasteiger partial charge is 0.435 e. The fraction of sp³-hybridized carbons (Fsp3) is 0.444. The van der Waals surface area contributed by atoms with Crippen molar-refractivity contribution < 1.29 is 17.9 Å². The summed E-state index contributed by atoms with van der Waals surface area (Å²) in [5, 5.41) is 1.26. The van der Waals surface area contributed by atoms with E-state index < -0.39 is 11.9 Å². The summed E-state index contributed by atoms with van der Waals surface area (Å²) in [7, 11) is 0. The molecule has 0 atom stereocenters. The molecule has 0 bridgehead atoms. The molecule has 8 heteroatoms. The summed E-state index contributed by atoms with van der Waals surface area (Å²) in [5.74, 6) is 0. The zero-order chi connectivity index (χ0) is 18.3. The third-order valence-corrected chi connectivity index (χ3v) is 4.81. The van der Waals surface area contributed by atoms with E-state index in [9.17, 15) is 13.2 Å². The Bertz CT molecular complexity index is 945. The highest BCUT2D eigenvalue weighted by molar-refractivity contribution is 6.08. The first-order valence-electron chi connectivity index (χ1n) is 8.56. The topological polar surface area (TPSA) is 43.2 Å². The van der Waals surface area contributed by atoms with Crippen LogP contribution in [-0.4, -0.2) is 52.3 Å². The Balaban J connectivity index is 1.87. The summed E-state index contributed by atoms with van der Waals surface area (Å²) < 4.78 is 47.8. The number of fused-ring (bicyclic) bond motifs is 3. The molecule has 0 amide bonds. The van der Waals surface area contributed by atoms with E-state index in [-0.39, 0.29) is 5.52 Å². The predicted octanol–water partition coefficient (Wildman–Crippen LogP) is 3.24. The molecule has 1 fully saturated rings. The molecule has 0 saturated carbocycles. The van der Waals surface area contributed by atoms with Crippen LogP contribution >= 0.6 is 0 Å². The van der Waals surface area contributed by atoms with Gasteiger partial charge < -0.3 is 9.30 Å². The highest BCUT2D eigenvalue weighted by Gasteiger charge is 2.36. The summed E-state index contributed by atoms with van der Waals surface area (Å²) in [6.45, 7) is 5.86. The van der Waals surface area contributed by atoms with E-state index >= 15 is 0 Å². The van der Waals surface area contributed by atoms with Crippen LogP contribution in [0.2, 0.25) is 0 Å². The molecule has 4 rings (SSSR count). The molecule has 0 spiro atoms. The summed E-state index contributed by atoms with van der Waals surface area (Å²) >= 11 is 0. The van der Waals surface area contributed by atoms with E-state index in [1.807, 2.05) is 13.0 Å². The maximum atomic E-state index is 13.6. The molecule has 0 aromatic carbocycles. The number of halogens is 3. The number of hydrogen-bond donors (Lipinski definition) is 0. The van der Waals surface area contributed by atoms with Crippen LogP contribution in [0.15, 0.2) is 24.5 Å². The Kier molecular flexibility index (Phi) is 4.32. The van der Waals surface area contributed by atoms with Gasteiger partial charge in [0.1, 0.15) is 0 Å². The van der Waals surface area contributed by atoms with Gasteiger partial charge in [0.2, 0.25) is 0 Å². The lowest BCUT2D eigenvalue weighted by molar-refractivity contribution is -0.140. The van der Waals surface area contributed by atoms with E-state index in [4.69, 9.17) is 4.74 Å². The number of hydrogen-bond acceptors (Lipinski definition) is 4. The zero-order valence-electron chi connectivity index (χ0n) is 14.4. The summed E-state index contributed by atoms with van der Waals surface area (Å²) in [6, 6.07) is 3.48. The number of rotatable bonds is 3. The SMILES string of the molecule is Cc1cc2c(cn1)c1ccnc(C(F)(F)F)c1n2CCN1CCOCC1. The number of aromatic nitrogens is 3. The standard InChI is InChI=1S/C18H19F3N4O/c1-12-10-15-14(11-23-12)13-2-3-22-17(18(19,20)21)16(13)25(15)5-4-24-6-8-26-9-7-24/h2-3,10-11H,4-9H2,1H3. The molecule has 3 aromatic heterocycles. The van der Waals surface area contributed by atoms with Gasteiger partial charge in [-0.05, 0) is 19.1 Å². The van der Waals surface area contributed by atoms with Crippen molar-refractivity contribution in [3.8, 4) is 0 Å². The molecule has 26 heavy (non-hydrogen) atoms. The average Bonchev–Trinajstić information content (AvgIpc) is 2.92. The fourth-order valence-electron chi connectivity index (χ4n) is 3.55. The van der Waals surface area contributed by atoms with Gasteiger partial charge >= 0.3 is 6.18 Å². The summed E-state index contributed by atoms with van der Waals surface area (Å²) in [4.78, 5) is 10.1. The first-order chi connectivity index (χ1) is 12.4. The van der Waals surface area contributed by atoms with Crippen molar-refractivity contribution in [2.45, 2.75) is 19.6 Å². The maximum absolute atomic E-state index is 13.6. The highest BCUT2D eigenvalue weighted by atomic mass is 19.4. The molecule has 0 unspecified atom stereocenters. The maximum Gasteiger partial charge on any atom is 0.435 e. The van der Waals surface area contributed by atoms with Crippen molar-refractivity contribution >= 4 is 21.8 Å². The minimum absolute atomic E-state index is 0.135. The van der Waals surface area contributed by atoms with Crippen molar-refractivity contribution in [1.29, 1.82) is 0 Å². The van der Waals surface area contributed by atoms with Crippen LogP contribution in [0.4, 0.5) is 13.2 Å². The molecule has 4 heterocycles. The van der Waals surface area contributed by atoms with Crippen molar-refractivity contribution in [1.82, 2.24) is 19.4 Å². The van der Waals surface area contributed by atoms with Gasteiger partial charge in [-0.3, -0.25) is 9.88 Å². The molecule has 1 aliphatic heterocycles. The number of aryl methyl sites for hydroxylation is 1. The van der Waals surface area contributed by atoms with Gasteiger partial charge in [-0.15, -0.1) is 0 Å². The molecule has 0 aliphatic carbocycles. The molecule has 0 N–H and O–H groups in total. The minimum atomic E-state index is -4.51. The Labute approximate surface area is 148 Å². The lowest BCUT2D eigenvalue weighted by Gasteiger charge is -2.27. The van der Waals surface area contributed by atoms with Crippen LogP contribution in [0.25, 0.3) is 21.8 Å². The third kappa shape index (κ3) is 3.03. The average molecular weight is 364 g/mol. The van der Waals surface area contributed by atoms with E-state index in [2.05, 4.69) is 14.9 Å². The second-order valence-electron chi connectivity index (χ2n) is 6.50. The molecular weight excluding hydrogens is 345 g/mol.